The molecule has 264 valence electrons. The maximum atomic E-state index is 13.9. The molecule has 2 aromatic rings. The van der Waals surface area contributed by atoms with Gasteiger partial charge in [0.15, 0.2) is 0 Å². The highest BCUT2D eigenvalue weighted by atomic mass is 35.5. The number of hydrogen-bond donors (Lipinski definition) is 4. The monoisotopic (exact) mass is 680 g/mol. The first-order chi connectivity index (χ1) is 22.7. The molecule has 0 aromatic heterocycles. The molecule has 0 radical (unpaired) electrons. The van der Waals surface area contributed by atoms with E-state index in [4.69, 9.17) is 11.5 Å². The second-order valence-corrected chi connectivity index (χ2v) is 13.7. The Hall–Kier alpha value is -3.24. The minimum absolute atomic E-state index is 0. The van der Waals surface area contributed by atoms with Crippen molar-refractivity contribution < 1.29 is 14.4 Å². The molecule has 9 nitrogen and oxygen atoms in total. The van der Waals surface area contributed by atoms with E-state index in [1.165, 1.54) is 0 Å². The minimum Gasteiger partial charge on any atom is -0.343 e. The Morgan fingerprint density at radius 2 is 1.54 bits per heavy atom. The zero-order valence-electron chi connectivity index (χ0n) is 28.8. The molecular weight excluding hydrogens is 624 g/mol. The van der Waals surface area contributed by atoms with E-state index in [1.54, 1.807) is 6.08 Å². The molecule has 3 atom stereocenters. The quantitative estimate of drug-likeness (QED) is 0.137. The number of carbonyl (C=O) groups excluding carboxylic acids is 3. The summed E-state index contributed by atoms with van der Waals surface area (Å²) in [5, 5.41) is 6.52. The molecule has 0 spiro atoms. The number of halogens is 1. The highest BCUT2D eigenvalue weighted by Gasteiger charge is 2.39. The first-order valence-corrected chi connectivity index (χ1v) is 17.6. The number of likely N-dealkylation sites (tertiary alicyclic amines) is 1. The Kier molecular flexibility index (Phi) is 16.6. The van der Waals surface area contributed by atoms with E-state index < -0.39 is 12.1 Å². The van der Waals surface area contributed by atoms with Crippen molar-refractivity contribution in [3.05, 3.63) is 77.9 Å². The maximum absolute atomic E-state index is 13.9. The number of amides is 3. The lowest BCUT2D eigenvalue weighted by molar-refractivity contribution is -0.139. The maximum Gasteiger partial charge on any atom is 0.247 e. The van der Waals surface area contributed by atoms with E-state index in [0.29, 0.717) is 45.4 Å². The largest absolute Gasteiger partial charge is 0.343 e. The molecule has 1 aliphatic heterocycles. The van der Waals surface area contributed by atoms with Gasteiger partial charge in [0.1, 0.15) is 6.04 Å². The van der Waals surface area contributed by atoms with Gasteiger partial charge in [0, 0.05) is 43.8 Å². The smallest absolute Gasteiger partial charge is 0.247 e. The Balaban J connectivity index is 0.00000625. The standard InChI is InChI=1S/C38H56N6O3.ClH/c1-28(2)25-35(41-27-31(40)26-30-13-7-4-8-14-30)37(46)42-34(15-9-10-22-39)38(47)43-23-20-33(21-24-43)44(32-17-18-32)36(45)19-16-29-11-5-3-6-12-29;/h3-8,11-14,16,19,28,31-35,41H,9-10,15,17-18,20-27,39-40H2,1-2H3,(H,42,46);1H/b19-16+;/t31-,34-,35-;/m1./s1. The van der Waals surface area contributed by atoms with Crippen LogP contribution in [0.2, 0.25) is 0 Å². The first-order valence-electron chi connectivity index (χ1n) is 17.6. The van der Waals surface area contributed by atoms with Crippen molar-refractivity contribution in [2.45, 2.75) is 102 Å². The summed E-state index contributed by atoms with van der Waals surface area (Å²) in [6, 6.07) is 19.1. The molecule has 2 aromatic carbocycles. The lowest BCUT2D eigenvalue weighted by Crippen LogP contribution is -2.57. The molecule has 48 heavy (non-hydrogen) atoms. The van der Waals surface area contributed by atoms with Crippen molar-refractivity contribution in [2.75, 3.05) is 26.2 Å². The third-order valence-corrected chi connectivity index (χ3v) is 9.13. The van der Waals surface area contributed by atoms with E-state index in [-0.39, 0.29) is 54.2 Å². The first kappa shape index (κ1) is 39.2. The summed E-state index contributed by atoms with van der Waals surface area (Å²) < 4.78 is 0. The van der Waals surface area contributed by atoms with Crippen LogP contribution in [0.3, 0.4) is 0 Å². The molecule has 3 amide bonds. The average molecular weight is 681 g/mol. The molecule has 2 fully saturated rings. The summed E-state index contributed by atoms with van der Waals surface area (Å²) in [7, 11) is 0. The Bertz CT molecular complexity index is 1280. The van der Waals surface area contributed by atoms with Crippen molar-refractivity contribution in [3.8, 4) is 0 Å². The van der Waals surface area contributed by atoms with Crippen LogP contribution in [0.1, 0.15) is 76.3 Å². The van der Waals surface area contributed by atoms with Gasteiger partial charge < -0.3 is 31.9 Å². The third kappa shape index (κ3) is 12.7. The van der Waals surface area contributed by atoms with Gasteiger partial charge in [-0.05, 0) is 87.5 Å². The van der Waals surface area contributed by atoms with Crippen molar-refractivity contribution in [3.63, 3.8) is 0 Å². The third-order valence-electron chi connectivity index (χ3n) is 9.13. The minimum atomic E-state index is -0.616. The van der Waals surface area contributed by atoms with Crippen LogP contribution in [-0.2, 0) is 20.8 Å². The highest BCUT2D eigenvalue weighted by molar-refractivity contribution is 5.92. The fraction of sp³-hybridized carbons (Fsp3) is 0.553. The van der Waals surface area contributed by atoms with Gasteiger partial charge in [0.05, 0.1) is 6.04 Å². The summed E-state index contributed by atoms with van der Waals surface area (Å²) in [6.45, 7) is 6.35. The van der Waals surface area contributed by atoms with Crippen LogP contribution in [0.15, 0.2) is 66.7 Å². The highest BCUT2D eigenvalue weighted by Crippen LogP contribution is 2.32. The molecule has 10 heteroatoms. The Labute approximate surface area is 293 Å². The van der Waals surface area contributed by atoms with E-state index in [1.807, 2.05) is 64.4 Å². The number of nitrogens with zero attached hydrogens (tertiary/aromatic N) is 2. The number of nitrogens with one attached hydrogen (secondary N) is 2. The Morgan fingerprint density at radius 3 is 2.15 bits per heavy atom. The molecule has 1 saturated heterocycles. The van der Waals surface area contributed by atoms with Gasteiger partial charge in [-0.2, -0.15) is 0 Å². The number of unbranched alkanes of at least 4 members (excludes halogenated alkanes) is 1. The lowest BCUT2D eigenvalue weighted by Gasteiger charge is -2.39. The molecular formula is C38H57ClN6O3. The molecule has 0 unspecified atom stereocenters. The van der Waals surface area contributed by atoms with Crippen molar-refractivity contribution in [2.24, 2.45) is 17.4 Å². The van der Waals surface area contributed by atoms with Crippen LogP contribution < -0.4 is 22.1 Å². The van der Waals surface area contributed by atoms with Gasteiger partial charge in [-0.15, -0.1) is 12.4 Å². The summed E-state index contributed by atoms with van der Waals surface area (Å²) in [5.74, 6) is 0.113. The van der Waals surface area contributed by atoms with Crippen LogP contribution in [0, 0.1) is 5.92 Å². The normalized spacial score (nSPS) is 17.1. The number of carbonyl (C=O) groups is 3. The van der Waals surface area contributed by atoms with Crippen LogP contribution in [0.4, 0.5) is 0 Å². The number of rotatable bonds is 18. The predicted octanol–water partition coefficient (Wildman–Crippen LogP) is 4.29. The fourth-order valence-electron chi connectivity index (χ4n) is 6.47. The van der Waals surface area contributed by atoms with Crippen LogP contribution in [0.5, 0.6) is 0 Å². The summed E-state index contributed by atoms with van der Waals surface area (Å²) >= 11 is 0. The molecule has 1 aliphatic carbocycles. The molecule has 2 aliphatic rings. The van der Waals surface area contributed by atoms with E-state index in [0.717, 1.165) is 49.7 Å². The Morgan fingerprint density at radius 1 is 0.917 bits per heavy atom. The zero-order valence-corrected chi connectivity index (χ0v) is 29.6. The number of benzene rings is 2. The zero-order chi connectivity index (χ0) is 33.6. The second-order valence-electron chi connectivity index (χ2n) is 13.7. The molecule has 6 N–H and O–H groups in total. The summed E-state index contributed by atoms with van der Waals surface area (Å²) in [5.41, 5.74) is 14.4. The predicted molar refractivity (Wildman–Crippen MR) is 196 cm³/mol. The van der Waals surface area contributed by atoms with Crippen molar-refractivity contribution >= 4 is 36.2 Å². The number of nitrogens with two attached hydrogens (primary N) is 2. The van der Waals surface area contributed by atoms with Gasteiger partial charge >= 0.3 is 0 Å². The van der Waals surface area contributed by atoms with Crippen molar-refractivity contribution in [1.82, 2.24) is 20.4 Å². The van der Waals surface area contributed by atoms with Gasteiger partial charge in [-0.3, -0.25) is 14.4 Å². The number of piperidine rings is 1. The van der Waals surface area contributed by atoms with Crippen molar-refractivity contribution in [1.29, 1.82) is 0 Å². The van der Waals surface area contributed by atoms with Crippen LogP contribution >= 0.6 is 12.4 Å². The van der Waals surface area contributed by atoms with Gasteiger partial charge in [-0.25, -0.2) is 0 Å². The van der Waals surface area contributed by atoms with Crippen LogP contribution in [0.25, 0.3) is 6.08 Å². The summed E-state index contributed by atoms with van der Waals surface area (Å²) in [6.07, 6.45) is 10.5. The summed E-state index contributed by atoms with van der Waals surface area (Å²) in [4.78, 5) is 44.8. The average Bonchev–Trinajstić information content (AvgIpc) is 3.91. The number of hydrogen-bond acceptors (Lipinski definition) is 6. The van der Waals surface area contributed by atoms with Gasteiger partial charge in [0.25, 0.3) is 0 Å². The fourth-order valence-corrected chi connectivity index (χ4v) is 6.47. The molecule has 1 heterocycles. The van der Waals surface area contributed by atoms with E-state index in [9.17, 15) is 14.4 Å². The molecule has 1 saturated carbocycles. The molecule has 4 rings (SSSR count). The van der Waals surface area contributed by atoms with Gasteiger partial charge in [0.2, 0.25) is 17.7 Å². The van der Waals surface area contributed by atoms with Gasteiger partial charge in [-0.1, -0.05) is 74.5 Å². The van der Waals surface area contributed by atoms with E-state index >= 15 is 0 Å². The molecule has 0 bridgehead atoms. The second kappa shape index (κ2) is 20.3. The lowest BCUT2D eigenvalue weighted by atomic mass is 9.99. The topological polar surface area (TPSA) is 134 Å². The van der Waals surface area contributed by atoms with Crippen LogP contribution in [-0.4, -0.2) is 83.9 Å². The van der Waals surface area contributed by atoms with E-state index in [2.05, 4.69) is 36.6 Å². The SMILES string of the molecule is CC(C)C[C@@H](NC[C@H](N)Cc1ccccc1)C(=O)N[C@H](CCCCN)C(=O)N1CCC(N(C(=O)/C=C/c2ccccc2)C2CC2)CC1.Cl.